The Bertz CT molecular complexity index is 1100. The number of ether oxygens (including phenoxy) is 2. The van der Waals surface area contributed by atoms with Crippen molar-refractivity contribution in [2.24, 2.45) is 0 Å². The van der Waals surface area contributed by atoms with Crippen LogP contribution in [0.4, 0.5) is 0 Å². The molecule has 0 bridgehead atoms. The molecule has 5 nitrogen and oxygen atoms in total. The van der Waals surface area contributed by atoms with Crippen LogP contribution in [0.3, 0.4) is 0 Å². The number of esters is 1. The third kappa shape index (κ3) is 5.67. The Morgan fingerprint density at radius 1 is 0.906 bits per heavy atom. The highest BCUT2D eigenvalue weighted by Crippen LogP contribution is 2.28. The molecule has 0 atom stereocenters. The van der Waals surface area contributed by atoms with E-state index in [1.54, 1.807) is 38.2 Å². The Morgan fingerprint density at radius 3 is 2.44 bits per heavy atom. The number of carbonyl (C=O) groups excluding carboxylic acids is 2. The minimum absolute atomic E-state index is 0.179. The average molecular weight is 434 g/mol. The van der Waals surface area contributed by atoms with Crippen LogP contribution in [0.25, 0.3) is 10.8 Å². The van der Waals surface area contributed by atoms with Crippen molar-refractivity contribution < 1.29 is 19.1 Å². The minimum atomic E-state index is -0.378. The van der Waals surface area contributed by atoms with Crippen molar-refractivity contribution >= 4 is 22.6 Å². The van der Waals surface area contributed by atoms with E-state index in [-0.39, 0.29) is 11.9 Å². The molecule has 0 radical (unpaired) electrons. The summed E-state index contributed by atoms with van der Waals surface area (Å²) in [6, 6.07) is 18.3. The quantitative estimate of drug-likeness (QED) is 0.351. The third-order valence-corrected chi connectivity index (χ3v) is 5.73. The lowest BCUT2D eigenvalue weighted by Gasteiger charge is -2.13. The number of hydrogen-bond acceptors (Lipinski definition) is 4. The fraction of sp³-hybridized carbons (Fsp3) is 0.333. The Kier molecular flexibility index (Phi) is 7.87. The molecule has 1 amide bonds. The Balaban J connectivity index is 1.79. The fourth-order valence-corrected chi connectivity index (χ4v) is 3.86. The number of rotatable bonds is 9. The van der Waals surface area contributed by atoms with Crippen molar-refractivity contribution in [2.45, 2.75) is 32.1 Å². The van der Waals surface area contributed by atoms with Gasteiger partial charge in [0.15, 0.2) is 0 Å². The van der Waals surface area contributed by atoms with Gasteiger partial charge in [-0.2, -0.15) is 0 Å². The van der Waals surface area contributed by atoms with Crippen LogP contribution in [-0.4, -0.2) is 45.1 Å². The summed E-state index contributed by atoms with van der Waals surface area (Å²) in [6.45, 7) is 0. The van der Waals surface area contributed by atoms with E-state index in [0.717, 1.165) is 24.8 Å². The van der Waals surface area contributed by atoms with Gasteiger partial charge < -0.3 is 14.4 Å². The number of amides is 1. The van der Waals surface area contributed by atoms with Crippen molar-refractivity contribution in [3.63, 3.8) is 0 Å². The van der Waals surface area contributed by atoms with Crippen LogP contribution in [-0.2, 0) is 22.4 Å². The first-order valence-corrected chi connectivity index (χ1v) is 10.9. The summed E-state index contributed by atoms with van der Waals surface area (Å²) < 4.78 is 10.4. The van der Waals surface area contributed by atoms with E-state index >= 15 is 0 Å². The molecule has 0 aromatic heterocycles. The largest absolute Gasteiger partial charge is 0.496 e. The lowest BCUT2D eigenvalue weighted by molar-refractivity contribution is -0.128. The molecule has 0 aliphatic rings. The molecule has 0 N–H and O–H groups in total. The second-order valence-corrected chi connectivity index (χ2v) is 8.16. The first-order valence-electron chi connectivity index (χ1n) is 10.9. The molecule has 32 heavy (non-hydrogen) atoms. The minimum Gasteiger partial charge on any atom is -0.496 e. The molecule has 3 aromatic carbocycles. The number of hydrogen-bond donors (Lipinski definition) is 0. The summed E-state index contributed by atoms with van der Waals surface area (Å²) in [7, 11) is 6.58. The monoisotopic (exact) mass is 433 g/mol. The number of benzene rings is 3. The molecular formula is C27H31NO4. The van der Waals surface area contributed by atoms with E-state index in [2.05, 4.69) is 36.4 Å². The summed E-state index contributed by atoms with van der Waals surface area (Å²) in [5.41, 5.74) is 3.97. The van der Waals surface area contributed by atoms with Crippen molar-refractivity contribution in [1.82, 2.24) is 4.90 Å². The van der Waals surface area contributed by atoms with Crippen LogP contribution in [0.1, 0.15) is 46.3 Å². The van der Waals surface area contributed by atoms with Gasteiger partial charge in [0, 0.05) is 26.9 Å². The molecule has 0 aliphatic heterocycles. The molecule has 0 saturated carbocycles. The van der Waals surface area contributed by atoms with E-state index in [0.29, 0.717) is 24.2 Å². The van der Waals surface area contributed by atoms with Crippen molar-refractivity contribution in [2.75, 3.05) is 28.3 Å². The van der Waals surface area contributed by atoms with E-state index in [4.69, 9.17) is 9.47 Å². The second kappa shape index (κ2) is 10.8. The van der Waals surface area contributed by atoms with Gasteiger partial charge in [-0.25, -0.2) is 4.79 Å². The maximum atomic E-state index is 11.8. The molecule has 0 aliphatic carbocycles. The molecule has 168 valence electrons. The van der Waals surface area contributed by atoms with Crippen LogP contribution in [0.15, 0.2) is 54.6 Å². The van der Waals surface area contributed by atoms with Crippen LogP contribution in [0.5, 0.6) is 5.75 Å². The number of carbonyl (C=O) groups is 2. The Labute approximate surface area is 189 Å². The molecule has 0 heterocycles. The predicted molar refractivity (Wildman–Crippen MR) is 127 cm³/mol. The second-order valence-electron chi connectivity index (χ2n) is 8.16. The zero-order valence-electron chi connectivity index (χ0n) is 19.3. The van der Waals surface area contributed by atoms with Crippen LogP contribution in [0, 0.1) is 0 Å². The Hall–Kier alpha value is -3.34. The molecule has 0 fully saturated rings. The number of fused-ring (bicyclic) bond motifs is 1. The first kappa shape index (κ1) is 23.3. The molecule has 0 spiro atoms. The smallest absolute Gasteiger partial charge is 0.337 e. The number of unbranched alkanes of at least 4 members (excludes halogenated alkanes) is 1. The molecule has 3 rings (SSSR count). The van der Waals surface area contributed by atoms with Crippen molar-refractivity contribution in [3.05, 3.63) is 76.9 Å². The van der Waals surface area contributed by atoms with Gasteiger partial charge in [-0.1, -0.05) is 42.5 Å². The average Bonchev–Trinajstić information content (AvgIpc) is 2.81. The predicted octanol–water partition coefficient (Wildman–Crippen LogP) is 5.03. The van der Waals surface area contributed by atoms with Gasteiger partial charge in [0.25, 0.3) is 0 Å². The summed E-state index contributed by atoms with van der Waals surface area (Å²) in [4.78, 5) is 25.3. The normalized spacial score (nSPS) is 10.8. The van der Waals surface area contributed by atoms with Gasteiger partial charge in [0.2, 0.25) is 5.91 Å². The maximum absolute atomic E-state index is 11.8. The topological polar surface area (TPSA) is 55.8 Å². The summed E-state index contributed by atoms with van der Waals surface area (Å²) in [5, 5.41) is 2.41. The zero-order valence-corrected chi connectivity index (χ0v) is 19.3. The molecule has 3 aromatic rings. The van der Waals surface area contributed by atoms with Gasteiger partial charge >= 0.3 is 5.97 Å². The third-order valence-electron chi connectivity index (χ3n) is 5.73. The maximum Gasteiger partial charge on any atom is 0.337 e. The fourth-order valence-electron chi connectivity index (χ4n) is 3.86. The highest BCUT2D eigenvalue weighted by molar-refractivity contribution is 5.90. The first-order chi connectivity index (χ1) is 15.4. The van der Waals surface area contributed by atoms with Crippen LogP contribution < -0.4 is 4.74 Å². The zero-order chi connectivity index (χ0) is 23.1. The lowest BCUT2D eigenvalue weighted by atomic mass is 9.95. The van der Waals surface area contributed by atoms with Gasteiger partial charge in [0.1, 0.15) is 5.75 Å². The standard InChI is InChI=1S/C27H31NO4/c1-28(2)26(29)11-6-5-8-19-12-13-20-9-7-10-21(24(20)16-19)17-22-14-15-23(27(30)32-4)18-25(22)31-3/h7,9-10,12-16,18H,5-6,8,11,17H2,1-4H3. The van der Waals surface area contributed by atoms with Gasteiger partial charge in [0.05, 0.1) is 19.8 Å². The van der Waals surface area contributed by atoms with Crippen molar-refractivity contribution in [3.8, 4) is 5.75 Å². The molecule has 0 saturated heterocycles. The van der Waals surface area contributed by atoms with Crippen LogP contribution >= 0.6 is 0 Å². The van der Waals surface area contributed by atoms with Crippen LogP contribution in [0.2, 0.25) is 0 Å². The van der Waals surface area contributed by atoms with Crippen molar-refractivity contribution in [1.29, 1.82) is 0 Å². The van der Waals surface area contributed by atoms with Gasteiger partial charge in [-0.15, -0.1) is 0 Å². The summed E-state index contributed by atoms with van der Waals surface area (Å²) in [6.07, 6.45) is 4.11. The SMILES string of the molecule is COC(=O)c1ccc(Cc2cccc3ccc(CCCCC(=O)N(C)C)cc23)c(OC)c1. The Morgan fingerprint density at radius 2 is 1.72 bits per heavy atom. The van der Waals surface area contributed by atoms with E-state index in [1.165, 1.54) is 29.0 Å². The van der Waals surface area contributed by atoms with Gasteiger partial charge in [-0.05, 0) is 58.9 Å². The van der Waals surface area contributed by atoms with E-state index in [9.17, 15) is 9.59 Å². The highest BCUT2D eigenvalue weighted by Gasteiger charge is 2.12. The molecule has 5 heteroatoms. The van der Waals surface area contributed by atoms with E-state index in [1.807, 2.05) is 6.07 Å². The summed E-state index contributed by atoms with van der Waals surface area (Å²) in [5.74, 6) is 0.474. The number of nitrogens with zero attached hydrogens (tertiary/aromatic N) is 1. The molecular weight excluding hydrogens is 402 g/mol. The molecule has 0 unspecified atom stereocenters. The summed E-state index contributed by atoms with van der Waals surface area (Å²) >= 11 is 0. The number of aryl methyl sites for hydroxylation is 1. The van der Waals surface area contributed by atoms with E-state index < -0.39 is 0 Å². The lowest BCUT2D eigenvalue weighted by Crippen LogP contribution is -2.21. The number of methoxy groups -OCH3 is 2. The van der Waals surface area contributed by atoms with Gasteiger partial charge in [-0.3, -0.25) is 4.79 Å². The highest BCUT2D eigenvalue weighted by atomic mass is 16.5.